The van der Waals surface area contributed by atoms with Gasteiger partial charge in [-0.05, 0) is 62.2 Å². The summed E-state index contributed by atoms with van der Waals surface area (Å²) in [5.74, 6) is 0.332. The van der Waals surface area contributed by atoms with Crippen molar-refractivity contribution in [3.63, 3.8) is 0 Å². The topological polar surface area (TPSA) is 67.4 Å². The average Bonchev–Trinajstić information content (AvgIpc) is 2.56. The molecular weight excluding hydrogens is 304 g/mol. The zero-order valence-corrected chi connectivity index (χ0v) is 14.4. The van der Waals surface area contributed by atoms with Gasteiger partial charge in [0, 0.05) is 23.4 Å². The van der Waals surface area contributed by atoms with E-state index in [1.807, 2.05) is 32.9 Å². The molecule has 0 aliphatic heterocycles. The maximum atomic E-state index is 12.5. The predicted octanol–water partition coefficient (Wildman–Crippen LogP) is 3.31. The molecule has 0 unspecified atom stereocenters. The molecule has 0 heterocycles. The first-order chi connectivity index (χ1) is 11.5. The van der Waals surface area contributed by atoms with Crippen LogP contribution in [0.15, 0.2) is 36.4 Å². The molecule has 24 heavy (non-hydrogen) atoms. The van der Waals surface area contributed by atoms with Gasteiger partial charge in [-0.25, -0.2) is 0 Å². The first-order valence-electron chi connectivity index (χ1n) is 7.81. The summed E-state index contributed by atoms with van der Waals surface area (Å²) in [7, 11) is 1.59. The number of aryl methyl sites for hydroxylation is 2. The second-order valence-electron chi connectivity index (χ2n) is 5.52. The van der Waals surface area contributed by atoms with E-state index in [1.54, 1.807) is 31.4 Å². The molecule has 2 N–H and O–H groups in total. The summed E-state index contributed by atoms with van der Waals surface area (Å²) in [6, 6.07) is 10.5. The van der Waals surface area contributed by atoms with Gasteiger partial charge in [-0.3, -0.25) is 9.59 Å². The van der Waals surface area contributed by atoms with E-state index in [9.17, 15) is 9.59 Å². The smallest absolute Gasteiger partial charge is 0.255 e. The summed E-state index contributed by atoms with van der Waals surface area (Å²) in [6.45, 7) is 6.16. The maximum absolute atomic E-state index is 12.5. The number of nitrogens with one attached hydrogen (secondary N) is 2. The molecule has 0 saturated carbocycles. The SMILES string of the molecule is CCNC(=O)c1ccc(C)c(NC(=O)c2ccc(OC)cc2C)c1. The van der Waals surface area contributed by atoms with Crippen molar-refractivity contribution in [1.29, 1.82) is 0 Å². The van der Waals surface area contributed by atoms with Crippen molar-refractivity contribution < 1.29 is 14.3 Å². The van der Waals surface area contributed by atoms with Crippen LogP contribution < -0.4 is 15.4 Å². The first-order valence-corrected chi connectivity index (χ1v) is 7.81. The summed E-state index contributed by atoms with van der Waals surface area (Å²) in [5, 5.41) is 5.63. The molecular formula is C19H22N2O3. The molecule has 0 atom stereocenters. The molecule has 2 aromatic carbocycles. The molecule has 0 radical (unpaired) electrons. The van der Waals surface area contributed by atoms with E-state index in [0.29, 0.717) is 29.1 Å². The Hall–Kier alpha value is -2.82. The van der Waals surface area contributed by atoms with Gasteiger partial charge < -0.3 is 15.4 Å². The van der Waals surface area contributed by atoms with Gasteiger partial charge in [0.15, 0.2) is 0 Å². The Balaban J connectivity index is 2.25. The molecule has 0 aliphatic carbocycles. The molecule has 5 nitrogen and oxygen atoms in total. The lowest BCUT2D eigenvalue weighted by Crippen LogP contribution is -2.23. The van der Waals surface area contributed by atoms with E-state index in [4.69, 9.17) is 4.74 Å². The van der Waals surface area contributed by atoms with Crippen LogP contribution in [0.4, 0.5) is 5.69 Å². The lowest BCUT2D eigenvalue weighted by molar-refractivity contribution is 0.0954. The highest BCUT2D eigenvalue weighted by molar-refractivity contribution is 6.06. The summed E-state index contributed by atoms with van der Waals surface area (Å²) < 4.78 is 5.16. The van der Waals surface area contributed by atoms with Gasteiger partial charge in [-0.2, -0.15) is 0 Å². The van der Waals surface area contributed by atoms with Gasteiger partial charge in [0.1, 0.15) is 5.75 Å². The van der Waals surface area contributed by atoms with Gasteiger partial charge >= 0.3 is 0 Å². The zero-order valence-electron chi connectivity index (χ0n) is 14.4. The van der Waals surface area contributed by atoms with Gasteiger partial charge in [0.25, 0.3) is 11.8 Å². The van der Waals surface area contributed by atoms with E-state index in [1.165, 1.54) is 0 Å². The Kier molecular flexibility index (Phi) is 5.58. The number of methoxy groups -OCH3 is 1. The molecule has 0 fully saturated rings. The molecule has 2 rings (SSSR count). The monoisotopic (exact) mass is 326 g/mol. The Morgan fingerprint density at radius 1 is 1.00 bits per heavy atom. The number of hydrogen-bond acceptors (Lipinski definition) is 3. The lowest BCUT2D eigenvalue weighted by atomic mass is 10.1. The second kappa shape index (κ2) is 7.64. The average molecular weight is 326 g/mol. The van der Waals surface area contributed by atoms with Crippen LogP contribution in [0.25, 0.3) is 0 Å². The van der Waals surface area contributed by atoms with Crippen LogP contribution >= 0.6 is 0 Å². The van der Waals surface area contributed by atoms with Crippen molar-refractivity contribution >= 4 is 17.5 Å². The molecule has 2 amide bonds. The molecule has 5 heteroatoms. The number of anilines is 1. The van der Waals surface area contributed by atoms with Crippen molar-refractivity contribution in [2.24, 2.45) is 0 Å². The summed E-state index contributed by atoms with van der Waals surface area (Å²) in [5.41, 5.74) is 3.42. The van der Waals surface area contributed by atoms with Crippen LogP contribution in [0.1, 0.15) is 38.8 Å². The number of benzene rings is 2. The largest absolute Gasteiger partial charge is 0.497 e. The summed E-state index contributed by atoms with van der Waals surface area (Å²) >= 11 is 0. The minimum Gasteiger partial charge on any atom is -0.497 e. The Morgan fingerprint density at radius 3 is 2.38 bits per heavy atom. The number of hydrogen-bond donors (Lipinski definition) is 2. The van der Waals surface area contributed by atoms with Gasteiger partial charge in [-0.1, -0.05) is 6.07 Å². The van der Waals surface area contributed by atoms with E-state index in [-0.39, 0.29) is 11.8 Å². The number of carbonyl (C=O) groups is 2. The fraction of sp³-hybridized carbons (Fsp3) is 0.263. The molecule has 2 aromatic rings. The fourth-order valence-electron chi connectivity index (χ4n) is 2.37. The summed E-state index contributed by atoms with van der Waals surface area (Å²) in [4.78, 5) is 24.5. The Morgan fingerprint density at radius 2 is 1.75 bits per heavy atom. The highest BCUT2D eigenvalue weighted by Gasteiger charge is 2.13. The third kappa shape index (κ3) is 3.93. The quantitative estimate of drug-likeness (QED) is 0.886. The van der Waals surface area contributed by atoms with Crippen LogP contribution in [0.5, 0.6) is 5.75 Å². The van der Waals surface area contributed by atoms with E-state index >= 15 is 0 Å². The van der Waals surface area contributed by atoms with Crippen LogP contribution in [-0.2, 0) is 0 Å². The minimum absolute atomic E-state index is 0.159. The van der Waals surface area contributed by atoms with Crippen molar-refractivity contribution in [3.8, 4) is 5.75 Å². The van der Waals surface area contributed by atoms with Crippen molar-refractivity contribution in [3.05, 3.63) is 58.7 Å². The van der Waals surface area contributed by atoms with Crippen LogP contribution in [0, 0.1) is 13.8 Å². The Labute approximate surface area is 142 Å². The number of amides is 2. The predicted molar refractivity (Wildman–Crippen MR) is 94.9 cm³/mol. The molecule has 0 bridgehead atoms. The van der Waals surface area contributed by atoms with Crippen LogP contribution in [0.3, 0.4) is 0 Å². The molecule has 0 aliphatic rings. The fourth-order valence-corrected chi connectivity index (χ4v) is 2.37. The highest BCUT2D eigenvalue weighted by atomic mass is 16.5. The van der Waals surface area contributed by atoms with Crippen molar-refractivity contribution in [2.45, 2.75) is 20.8 Å². The standard InChI is InChI=1S/C19H22N2O3/c1-5-20-18(22)14-7-6-12(2)17(11-14)21-19(23)16-9-8-15(24-4)10-13(16)3/h6-11H,5H2,1-4H3,(H,20,22)(H,21,23). The van der Waals surface area contributed by atoms with Crippen LogP contribution in [-0.4, -0.2) is 25.5 Å². The minimum atomic E-state index is -0.216. The zero-order chi connectivity index (χ0) is 17.7. The van der Waals surface area contributed by atoms with E-state index in [0.717, 1.165) is 11.1 Å². The highest BCUT2D eigenvalue weighted by Crippen LogP contribution is 2.21. The second-order valence-corrected chi connectivity index (χ2v) is 5.52. The lowest BCUT2D eigenvalue weighted by Gasteiger charge is -2.12. The third-order valence-electron chi connectivity index (χ3n) is 3.76. The third-order valence-corrected chi connectivity index (χ3v) is 3.76. The normalized spacial score (nSPS) is 10.2. The van der Waals surface area contributed by atoms with Gasteiger partial charge in [0.2, 0.25) is 0 Å². The Bertz CT molecular complexity index is 769. The molecule has 0 aromatic heterocycles. The molecule has 0 spiro atoms. The maximum Gasteiger partial charge on any atom is 0.255 e. The molecule has 126 valence electrons. The summed E-state index contributed by atoms with van der Waals surface area (Å²) in [6.07, 6.45) is 0. The van der Waals surface area contributed by atoms with Crippen molar-refractivity contribution in [1.82, 2.24) is 5.32 Å². The molecule has 0 saturated heterocycles. The number of ether oxygens (including phenoxy) is 1. The van der Waals surface area contributed by atoms with Crippen molar-refractivity contribution in [2.75, 3.05) is 19.0 Å². The first kappa shape index (κ1) is 17.5. The van der Waals surface area contributed by atoms with Gasteiger partial charge in [0.05, 0.1) is 7.11 Å². The number of rotatable bonds is 5. The van der Waals surface area contributed by atoms with Crippen LogP contribution in [0.2, 0.25) is 0 Å². The van der Waals surface area contributed by atoms with E-state index in [2.05, 4.69) is 10.6 Å². The van der Waals surface area contributed by atoms with E-state index < -0.39 is 0 Å². The number of carbonyl (C=O) groups excluding carboxylic acids is 2. The van der Waals surface area contributed by atoms with Gasteiger partial charge in [-0.15, -0.1) is 0 Å².